The van der Waals surface area contributed by atoms with Gasteiger partial charge in [-0.2, -0.15) is 0 Å². The first-order valence-corrected chi connectivity index (χ1v) is 4.24. The minimum Gasteiger partial charge on any atom is -0.505 e. The standard InChI is InChI=1S/C10H13FO2/c1-7-5-8(3-2-4-12)6-9(13)10(7)11/h5-6,12-13H,2-4H2,1H3. The average molecular weight is 184 g/mol. The maximum atomic E-state index is 12.9. The normalized spacial score (nSPS) is 10.4. The average Bonchev–Trinajstić information content (AvgIpc) is 2.10. The zero-order valence-corrected chi connectivity index (χ0v) is 7.55. The topological polar surface area (TPSA) is 40.5 Å². The second-order valence-corrected chi connectivity index (χ2v) is 3.07. The van der Waals surface area contributed by atoms with Crippen LogP contribution in [0.15, 0.2) is 12.1 Å². The van der Waals surface area contributed by atoms with E-state index in [0.717, 1.165) is 5.56 Å². The van der Waals surface area contributed by atoms with Gasteiger partial charge in [0.15, 0.2) is 11.6 Å². The number of aliphatic hydroxyl groups is 1. The van der Waals surface area contributed by atoms with E-state index in [0.29, 0.717) is 18.4 Å². The molecule has 0 unspecified atom stereocenters. The lowest BCUT2D eigenvalue weighted by Crippen LogP contribution is -1.92. The third-order valence-electron chi connectivity index (χ3n) is 1.92. The molecule has 0 bridgehead atoms. The van der Waals surface area contributed by atoms with Gasteiger partial charge < -0.3 is 10.2 Å². The summed E-state index contributed by atoms with van der Waals surface area (Å²) < 4.78 is 12.9. The SMILES string of the molecule is Cc1cc(CCCO)cc(O)c1F. The van der Waals surface area contributed by atoms with E-state index in [-0.39, 0.29) is 12.4 Å². The van der Waals surface area contributed by atoms with E-state index in [4.69, 9.17) is 10.2 Å². The molecule has 3 heteroatoms. The number of benzene rings is 1. The van der Waals surface area contributed by atoms with Crippen LogP contribution in [0.25, 0.3) is 0 Å². The summed E-state index contributed by atoms with van der Waals surface area (Å²) in [6.45, 7) is 1.72. The Morgan fingerprint density at radius 1 is 1.38 bits per heavy atom. The van der Waals surface area contributed by atoms with Gasteiger partial charge >= 0.3 is 0 Å². The van der Waals surface area contributed by atoms with Crippen LogP contribution in [0.5, 0.6) is 5.75 Å². The summed E-state index contributed by atoms with van der Waals surface area (Å²) in [5.41, 5.74) is 1.29. The van der Waals surface area contributed by atoms with Crippen molar-refractivity contribution in [3.63, 3.8) is 0 Å². The third-order valence-corrected chi connectivity index (χ3v) is 1.92. The molecule has 2 N–H and O–H groups in total. The van der Waals surface area contributed by atoms with Crippen LogP contribution < -0.4 is 0 Å². The zero-order chi connectivity index (χ0) is 9.84. The van der Waals surface area contributed by atoms with Crippen molar-refractivity contribution in [1.29, 1.82) is 0 Å². The Hall–Kier alpha value is -1.09. The fourth-order valence-corrected chi connectivity index (χ4v) is 1.25. The smallest absolute Gasteiger partial charge is 0.167 e. The van der Waals surface area contributed by atoms with Gasteiger partial charge in [-0.3, -0.25) is 0 Å². The van der Waals surface area contributed by atoms with Crippen molar-refractivity contribution in [3.05, 3.63) is 29.1 Å². The molecule has 0 aromatic heterocycles. The number of phenols is 1. The van der Waals surface area contributed by atoms with Crippen LogP contribution in [0.3, 0.4) is 0 Å². The monoisotopic (exact) mass is 184 g/mol. The van der Waals surface area contributed by atoms with Crippen molar-refractivity contribution in [3.8, 4) is 5.75 Å². The number of halogens is 1. The second-order valence-electron chi connectivity index (χ2n) is 3.07. The van der Waals surface area contributed by atoms with Gasteiger partial charge in [-0.1, -0.05) is 6.07 Å². The maximum absolute atomic E-state index is 12.9. The Morgan fingerprint density at radius 2 is 2.08 bits per heavy atom. The van der Waals surface area contributed by atoms with Crippen molar-refractivity contribution < 1.29 is 14.6 Å². The summed E-state index contributed by atoms with van der Waals surface area (Å²) in [7, 11) is 0. The van der Waals surface area contributed by atoms with E-state index in [9.17, 15) is 4.39 Å². The predicted octanol–water partition coefficient (Wildman–Crippen LogP) is 1.76. The Labute approximate surface area is 76.6 Å². The highest BCUT2D eigenvalue weighted by Crippen LogP contribution is 2.21. The molecule has 0 heterocycles. The Morgan fingerprint density at radius 3 is 2.62 bits per heavy atom. The van der Waals surface area contributed by atoms with Crippen molar-refractivity contribution in [2.24, 2.45) is 0 Å². The molecule has 0 amide bonds. The van der Waals surface area contributed by atoms with Gasteiger partial charge in [0.25, 0.3) is 0 Å². The molecule has 0 spiro atoms. The Balaban J connectivity index is 2.86. The molecule has 0 atom stereocenters. The summed E-state index contributed by atoms with van der Waals surface area (Å²) in [6.07, 6.45) is 1.29. The molecule has 13 heavy (non-hydrogen) atoms. The largest absolute Gasteiger partial charge is 0.505 e. The highest BCUT2D eigenvalue weighted by Gasteiger charge is 2.05. The van der Waals surface area contributed by atoms with Gasteiger partial charge in [0, 0.05) is 6.61 Å². The van der Waals surface area contributed by atoms with Crippen LogP contribution in [0.1, 0.15) is 17.5 Å². The Bertz CT molecular complexity index is 274. The number of rotatable bonds is 3. The van der Waals surface area contributed by atoms with Gasteiger partial charge in [0.1, 0.15) is 0 Å². The fourth-order valence-electron chi connectivity index (χ4n) is 1.25. The molecule has 0 fully saturated rings. The molecule has 1 rings (SSSR count). The van der Waals surface area contributed by atoms with Gasteiger partial charge in [-0.25, -0.2) is 4.39 Å². The first kappa shape index (κ1) is 9.99. The molecule has 0 aliphatic heterocycles. The summed E-state index contributed by atoms with van der Waals surface area (Å²) in [5.74, 6) is -0.874. The van der Waals surface area contributed by atoms with Crippen LogP contribution in [-0.4, -0.2) is 16.8 Å². The maximum Gasteiger partial charge on any atom is 0.167 e. The highest BCUT2D eigenvalue weighted by atomic mass is 19.1. The minimum atomic E-state index is -0.562. The van der Waals surface area contributed by atoms with Crippen molar-refractivity contribution in [2.45, 2.75) is 19.8 Å². The van der Waals surface area contributed by atoms with E-state index in [1.54, 1.807) is 13.0 Å². The van der Waals surface area contributed by atoms with Gasteiger partial charge in [-0.05, 0) is 37.0 Å². The zero-order valence-electron chi connectivity index (χ0n) is 7.55. The van der Waals surface area contributed by atoms with Crippen LogP contribution in [-0.2, 0) is 6.42 Å². The van der Waals surface area contributed by atoms with Crippen LogP contribution in [0.2, 0.25) is 0 Å². The fraction of sp³-hybridized carbons (Fsp3) is 0.400. The first-order valence-electron chi connectivity index (χ1n) is 4.24. The van der Waals surface area contributed by atoms with E-state index in [1.807, 2.05) is 0 Å². The third kappa shape index (κ3) is 2.42. The van der Waals surface area contributed by atoms with E-state index in [1.165, 1.54) is 6.07 Å². The highest BCUT2D eigenvalue weighted by molar-refractivity contribution is 5.34. The summed E-state index contributed by atoms with van der Waals surface area (Å²) in [5, 5.41) is 17.7. The molecule has 0 saturated heterocycles. The molecule has 2 nitrogen and oxygen atoms in total. The lowest BCUT2D eigenvalue weighted by atomic mass is 10.1. The number of aromatic hydroxyl groups is 1. The van der Waals surface area contributed by atoms with Crippen molar-refractivity contribution >= 4 is 0 Å². The lowest BCUT2D eigenvalue weighted by Gasteiger charge is -2.04. The molecule has 1 aromatic carbocycles. The number of aliphatic hydroxyl groups excluding tert-OH is 1. The van der Waals surface area contributed by atoms with Gasteiger partial charge in [0.05, 0.1) is 0 Å². The van der Waals surface area contributed by atoms with Crippen LogP contribution >= 0.6 is 0 Å². The molecule has 72 valence electrons. The van der Waals surface area contributed by atoms with Crippen molar-refractivity contribution in [1.82, 2.24) is 0 Å². The van der Waals surface area contributed by atoms with Crippen LogP contribution in [0, 0.1) is 12.7 Å². The van der Waals surface area contributed by atoms with E-state index >= 15 is 0 Å². The summed E-state index contributed by atoms with van der Waals surface area (Å²) >= 11 is 0. The minimum absolute atomic E-state index is 0.108. The second kappa shape index (κ2) is 4.23. The quantitative estimate of drug-likeness (QED) is 0.751. The van der Waals surface area contributed by atoms with E-state index in [2.05, 4.69) is 0 Å². The number of hydrogen-bond acceptors (Lipinski definition) is 2. The van der Waals surface area contributed by atoms with Gasteiger partial charge in [0.2, 0.25) is 0 Å². The predicted molar refractivity (Wildman–Crippen MR) is 48.2 cm³/mol. The summed E-state index contributed by atoms with van der Waals surface area (Å²) in [6, 6.07) is 3.09. The first-order chi connectivity index (χ1) is 6.15. The number of aryl methyl sites for hydroxylation is 2. The van der Waals surface area contributed by atoms with Crippen LogP contribution in [0.4, 0.5) is 4.39 Å². The number of hydrogen-bond donors (Lipinski definition) is 2. The summed E-state index contributed by atoms with van der Waals surface area (Å²) in [4.78, 5) is 0. The Kier molecular flexibility index (Phi) is 3.25. The molecular weight excluding hydrogens is 171 g/mol. The molecule has 0 aliphatic carbocycles. The van der Waals surface area contributed by atoms with E-state index < -0.39 is 5.82 Å². The molecule has 1 aromatic rings. The molecule has 0 radical (unpaired) electrons. The van der Waals surface area contributed by atoms with Crippen molar-refractivity contribution in [2.75, 3.05) is 6.61 Å². The lowest BCUT2D eigenvalue weighted by molar-refractivity contribution is 0.288. The molecule has 0 saturated carbocycles. The molecular formula is C10H13FO2. The molecule has 0 aliphatic rings. The van der Waals surface area contributed by atoms with Gasteiger partial charge in [-0.15, -0.1) is 0 Å². The number of phenolic OH excluding ortho intramolecular Hbond substituents is 1.